The lowest BCUT2D eigenvalue weighted by Gasteiger charge is -2.50. The van der Waals surface area contributed by atoms with Gasteiger partial charge in [-0.15, -0.1) is 6.42 Å². The third-order valence-corrected chi connectivity index (χ3v) is 12.4. The van der Waals surface area contributed by atoms with Crippen LogP contribution in [0.1, 0.15) is 115 Å². The second kappa shape index (κ2) is 31.3. The Morgan fingerprint density at radius 3 is 1.45 bits per heavy atom. The summed E-state index contributed by atoms with van der Waals surface area (Å²) < 4.78 is 82.6. The lowest BCUT2D eigenvalue weighted by Crippen LogP contribution is -2.66. The summed E-state index contributed by atoms with van der Waals surface area (Å²) in [5.74, 6) is -7.21. The second-order valence-electron chi connectivity index (χ2n) is 18.9. The van der Waals surface area contributed by atoms with Crippen molar-refractivity contribution in [2.75, 3.05) is 40.0 Å². The van der Waals surface area contributed by atoms with Gasteiger partial charge in [0.25, 0.3) is 0 Å². The fourth-order valence-corrected chi connectivity index (χ4v) is 9.23. The smallest absolute Gasteiger partial charge is 0.303 e. The van der Waals surface area contributed by atoms with Crippen molar-refractivity contribution in [1.82, 2.24) is 4.90 Å². The lowest BCUT2D eigenvalue weighted by molar-refractivity contribution is -0.359. The predicted octanol–water partition coefficient (Wildman–Crippen LogP) is 2.21. The molecule has 0 radical (unpaired) electrons. The number of nitrogens with zero attached hydrogens (tertiary/aromatic N) is 1. The number of carbonyl (C=O) groups is 10. The van der Waals surface area contributed by atoms with Gasteiger partial charge in [-0.1, -0.05) is 39.0 Å². The zero-order chi connectivity index (χ0) is 57.0. The van der Waals surface area contributed by atoms with Crippen LogP contribution in [0, 0.1) is 30.1 Å². The molecule has 0 spiro atoms. The molecule has 3 fully saturated rings. The minimum Gasteiger partial charge on any atom is -0.463 e. The standard InChI is InChI=1S/C51H75NO24/c1-14-20-52(13)49(62)26(2)19-17-15-16-18-21-63-50-48(72-36(12)61)46(70-34(10)59)45(41(75-50)25-66-30(6)55)76-51-47(71-35(11)60)43(68-32(8)57)37(39(74-51)23-64-28(4)53)22-38-27(3)42(67-31(7)56)44(69-33(9)58)40(73-38)24-65-29(5)54/h1,26-27,37-48,50-51H,15-25H2,2-13H3. The average molecular weight is 1090 g/mol. The van der Waals surface area contributed by atoms with E-state index in [1.165, 1.54) is 4.90 Å². The van der Waals surface area contributed by atoms with Crippen LogP contribution in [-0.4, -0.2) is 184 Å². The molecule has 25 heteroatoms. The normalized spacial score (nSPS) is 29.4. The minimum absolute atomic E-state index is 0.0316. The molecule has 3 rings (SSSR count). The topological polar surface area (TPSA) is 303 Å². The van der Waals surface area contributed by atoms with Crippen molar-refractivity contribution in [3.63, 3.8) is 0 Å². The molecular formula is C51H75NO24. The number of hydrogen-bond acceptors (Lipinski definition) is 24. The molecule has 25 nitrogen and oxygen atoms in total. The molecular weight excluding hydrogens is 1010 g/mol. The summed E-state index contributed by atoms with van der Waals surface area (Å²) >= 11 is 0. The van der Waals surface area contributed by atoms with Gasteiger partial charge in [-0.25, -0.2) is 0 Å². The molecule has 0 aliphatic carbocycles. The maximum Gasteiger partial charge on any atom is 0.303 e. The lowest BCUT2D eigenvalue weighted by atomic mass is 9.78. The fourth-order valence-electron chi connectivity index (χ4n) is 9.23. The molecule has 16 unspecified atom stereocenters. The van der Waals surface area contributed by atoms with Crippen molar-refractivity contribution < 1.29 is 114 Å². The van der Waals surface area contributed by atoms with Crippen molar-refractivity contribution in [3.8, 4) is 12.3 Å². The van der Waals surface area contributed by atoms with Crippen LogP contribution in [0.5, 0.6) is 0 Å². The third-order valence-electron chi connectivity index (χ3n) is 12.4. The number of amides is 1. The van der Waals surface area contributed by atoms with E-state index >= 15 is 0 Å². The Hall–Kier alpha value is -5.94. The van der Waals surface area contributed by atoms with Crippen LogP contribution in [0.3, 0.4) is 0 Å². The van der Waals surface area contributed by atoms with E-state index in [0.717, 1.165) is 75.2 Å². The summed E-state index contributed by atoms with van der Waals surface area (Å²) in [7, 11) is 1.64. The van der Waals surface area contributed by atoms with Crippen LogP contribution in [0.15, 0.2) is 0 Å². The molecule has 3 saturated heterocycles. The van der Waals surface area contributed by atoms with E-state index in [0.29, 0.717) is 19.3 Å². The average Bonchev–Trinajstić information content (AvgIpc) is 3.31. The highest BCUT2D eigenvalue weighted by Gasteiger charge is 2.58. The molecule has 0 aromatic heterocycles. The van der Waals surface area contributed by atoms with Crippen molar-refractivity contribution in [2.45, 2.75) is 194 Å². The summed E-state index contributed by atoms with van der Waals surface area (Å²) in [6, 6.07) is 0. The van der Waals surface area contributed by atoms with Gasteiger partial charge in [-0.2, -0.15) is 0 Å². The summed E-state index contributed by atoms with van der Waals surface area (Å²) in [6.45, 7) is 12.0. The van der Waals surface area contributed by atoms with E-state index in [1.807, 2.05) is 6.92 Å². The van der Waals surface area contributed by atoms with E-state index in [9.17, 15) is 47.9 Å². The van der Waals surface area contributed by atoms with Crippen molar-refractivity contribution in [3.05, 3.63) is 0 Å². The van der Waals surface area contributed by atoms with E-state index in [2.05, 4.69) is 5.92 Å². The first-order valence-electron chi connectivity index (χ1n) is 25.1. The first-order chi connectivity index (χ1) is 35.7. The zero-order valence-corrected chi connectivity index (χ0v) is 45.3. The van der Waals surface area contributed by atoms with Gasteiger partial charge in [0.1, 0.15) is 56.4 Å². The van der Waals surface area contributed by atoms with Crippen molar-refractivity contribution in [2.24, 2.45) is 17.8 Å². The number of ether oxygens (including phenoxy) is 14. The Labute approximate surface area is 442 Å². The van der Waals surface area contributed by atoms with Crippen LogP contribution < -0.4 is 0 Å². The Balaban J connectivity index is 2.10. The van der Waals surface area contributed by atoms with Gasteiger partial charge in [0.15, 0.2) is 37.0 Å². The summed E-state index contributed by atoms with van der Waals surface area (Å²) in [5, 5.41) is 0. The molecule has 3 aliphatic rings. The number of unbranched alkanes of at least 4 members (excludes halogenated alkanes) is 3. The van der Waals surface area contributed by atoms with Crippen molar-refractivity contribution >= 4 is 59.6 Å². The third kappa shape index (κ3) is 20.5. The zero-order valence-electron chi connectivity index (χ0n) is 45.3. The Morgan fingerprint density at radius 1 is 0.500 bits per heavy atom. The van der Waals surface area contributed by atoms with Crippen molar-refractivity contribution in [1.29, 1.82) is 0 Å². The number of rotatable bonds is 26. The van der Waals surface area contributed by atoms with E-state index < -0.39 is 165 Å². The number of terminal acetylenes is 1. The Bertz CT molecular complexity index is 2060. The van der Waals surface area contributed by atoms with Gasteiger partial charge in [0.2, 0.25) is 5.91 Å². The molecule has 76 heavy (non-hydrogen) atoms. The minimum atomic E-state index is -1.86. The first-order valence-corrected chi connectivity index (χ1v) is 25.1. The number of esters is 9. The van der Waals surface area contributed by atoms with Gasteiger partial charge < -0.3 is 71.2 Å². The van der Waals surface area contributed by atoms with E-state index in [4.69, 9.17) is 72.7 Å². The van der Waals surface area contributed by atoms with Gasteiger partial charge in [-0.3, -0.25) is 47.9 Å². The van der Waals surface area contributed by atoms with Crippen LogP contribution in [0.25, 0.3) is 0 Å². The molecule has 0 N–H and O–H groups in total. The quantitative estimate of drug-likeness (QED) is 0.0519. The van der Waals surface area contributed by atoms with Crippen LogP contribution >= 0.6 is 0 Å². The summed E-state index contributed by atoms with van der Waals surface area (Å²) in [5.41, 5.74) is 0. The molecule has 3 aliphatic heterocycles. The highest BCUT2D eigenvalue weighted by atomic mass is 16.8. The Morgan fingerprint density at radius 2 is 0.934 bits per heavy atom. The van der Waals surface area contributed by atoms with Gasteiger partial charge in [0, 0.05) is 93.7 Å². The first kappa shape index (κ1) is 64.3. The molecule has 3 heterocycles. The molecule has 1 amide bonds. The monoisotopic (exact) mass is 1090 g/mol. The second-order valence-corrected chi connectivity index (χ2v) is 18.9. The summed E-state index contributed by atoms with van der Waals surface area (Å²) in [4.78, 5) is 128. The van der Waals surface area contributed by atoms with Gasteiger partial charge in [-0.05, 0) is 19.3 Å². The van der Waals surface area contributed by atoms with E-state index in [-0.39, 0.29) is 31.4 Å². The highest BCUT2D eigenvalue weighted by Crippen LogP contribution is 2.42. The largest absolute Gasteiger partial charge is 0.463 e. The Kier molecular flexibility index (Phi) is 26.5. The highest BCUT2D eigenvalue weighted by molar-refractivity contribution is 5.78. The molecule has 0 saturated carbocycles. The number of hydrogen-bond donors (Lipinski definition) is 0. The summed E-state index contributed by atoms with van der Waals surface area (Å²) in [6.07, 6.45) is -10.7. The molecule has 428 valence electrons. The predicted molar refractivity (Wildman–Crippen MR) is 256 cm³/mol. The molecule has 0 bridgehead atoms. The van der Waals surface area contributed by atoms with Gasteiger partial charge >= 0.3 is 53.7 Å². The van der Waals surface area contributed by atoms with E-state index in [1.54, 1.807) is 14.0 Å². The van der Waals surface area contributed by atoms with Crippen LogP contribution in [0.2, 0.25) is 0 Å². The molecule has 0 aromatic rings. The van der Waals surface area contributed by atoms with Crippen LogP contribution in [0.4, 0.5) is 0 Å². The molecule has 0 aromatic carbocycles. The van der Waals surface area contributed by atoms with Crippen LogP contribution in [-0.2, 0) is 114 Å². The molecule has 16 atom stereocenters. The maximum atomic E-state index is 13.1. The maximum absolute atomic E-state index is 13.1. The number of carbonyl (C=O) groups excluding carboxylic acids is 10. The SMILES string of the molecule is C#CCN(C)C(=O)C(C)CCCCCCOC1OC(COC(C)=O)C(OC2OC(COC(C)=O)C(CC3OC(COC(C)=O)C(OC(C)=O)C(OC(C)=O)C3C)C(OC(C)=O)C2OC(C)=O)C(OC(C)=O)C1OC(C)=O. The fraction of sp³-hybridized carbons (Fsp3) is 0.765. The van der Waals surface area contributed by atoms with Gasteiger partial charge in [0.05, 0.1) is 12.6 Å².